The molecule has 0 saturated carbocycles. The molecule has 0 aliphatic rings. The average molecular weight is 276 g/mol. The molecule has 0 unspecified atom stereocenters. The molecule has 0 aliphatic heterocycles. The molecule has 0 spiro atoms. The van der Waals surface area contributed by atoms with Gasteiger partial charge in [0, 0.05) is 31.8 Å². The van der Waals surface area contributed by atoms with Crippen LogP contribution in [-0.2, 0) is 11.3 Å². The number of benzene rings is 1. The van der Waals surface area contributed by atoms with Gasteiger partial charge in [-0.15, -0.1) is 0 Å². The van der Waals surface area contributed by atoms with Crippen LogP contribution in [0.4, 0.5) is 0 Å². The van der Waals surface area contributed by atoms with E-state index in [1.54, 1.807) is 7.11 Å². The fourth-order valence-electron chi connectivity index (χ4n) is 1.98. The van der Waals surface area contributed by atoms with Gasteiger partial charge in [-0.2, -0.15) is 0 Å². The highest BCUT2D eigenvalue weighted by molar-refractivity contribution is 5.58. The first kappa shape index (κ1) is 14.7. The second-order valence-electron chi connectivity index (χ2n) is 4.54. The van der Waals surface area contributed by atoms with Gasteiger partial charge < -0.3 is 14.4 Å². The minimum Gasteiger partial charge on any atom is -0.395 e. The molecule has 20 heavy (non-hydrogen) atoms. The monoisotopic (exact) mass is 276 g/mol. The van der Waals surface area contributed by atoms with E-state index in [1.807, 2.05) is 36.4 Å². The van der Waals surface area contributed by atoms with Gasteiger partial charge in [0.2, 0.25) is 0 Å². The van der Waals surface area contributed by atoms with Gasteiger partial charge in [0.25, 0.3) is 0 Å². The molecule has 0 saturated heterocycles. The maximum Gasteiger partial charge on any atom is 0.151 e. The number of hydrogen-bond donors (Lipinski definition) is 1. The number of hydrogen-bond acceptors (Lipinski definition) is 5. The van der Waals surface area contributed by atoms with Crippen molar-refractivity contribution in [1.29, 1.82) is 0 Å². The molecule has 0 radical (unpaired) electrons. The van der Waals surface area contributed by atoms with Crippen LogP contribution in [0.1, 0.15) is 5.76 Å². The summed E-state index contributed by atoms with van der Waals surface area (Å²) in [5, 5.41) is 13.2. The SMILES string of the molecule is COCCN(CCO)Cc1cc(-c2ccccc2)no1. The average Bonchev–Trinajstić information content (AvgIpc) is 2.94. The molecule has 5 heteroatoms. The van der Waals surface area contributed by atoms with Crippen molar-refractivity contribution in [2.75, 3.05) is 33.4 Å². The van der Waals surface area contributed by atoms with Crippen molar-refractivity contribution in [1.82, 2.24) is 10.1 Å². The second kappa shape index (κ2) is 7.79. The Hall–Kier alpha value is -1.69. The third-order valence-corrected chi connectivity index (χ3v) is 3.04. The lowest BCUT2D eigenvalue weighted by atomic mass is 10.1. The van der Waals surface area contributed by atoms with E-state index in [0.717, 1.165) is 23.6 Å². The largest absolute Gasteiger partial charge is 0.395 e. The molecule has 1 aromatic carbocycles. The number of methoxy groups -OCH3 is 1. The first-order valence-electron chi connectivity index (χ1n) is 6.66. The smallest absolute Gasteiger partial charge is 0.151 e. The van der Waals surface area contributed by atoms with Crippen LogP contribution in [0.15, 0.2) is 40.9 Å². The van der Waals surface area contributed by atoms with Gasteiger partial charge in [-0.1, -0.05) is 35.5 Å². The van der Waals surface area contributed by atoms with Crippen LogP contribution in [0.5, 0.6) is 0 Å². The molecule has 2 rings (SSSR count). The summed E-state index contributed by atoms with van der Waals surface area (Å²) in [5.41, 5.74) is 1.87. The first-order chi connectivity index (χ1) is 9.83. The van der Waals surface area contributed by atoms with E-state index in [1.165, 1.54) is 0 Å². The molecule has 0 fully saturated rings. The Labute approximate surface area is 118 Å². The highest BCUT2D eigenvalue weighted by atomic mass is 16.5. The maximum atomic E-state index is 9.07. The van der Waals surface area contributed by atoms with Gasteiger partial charge in [0.05, 0.1) is 19.8 Å². The fourth-order valence-corrected chi connectivity index (χ4v) is 1.98. The summed E-state index contributed by atoms with van der Waals surface area (Å²) in [6.07, 6.45) is 0. The molecule has 108 valence electrons. The molecule has 0 atom stereocenters. The number of rotatable bonds is 8. The van der Waals surface area contributed by atoms with E-state index >= 15 is 0 Å². The quantitative estimate of drug-likeness (QED) is 0.796. The lowest BCUT2D eigenvalue weighted by Crippen LogP contribution is -2.29. The summed E-state index contributed by atoms with van der Waals surface area (Å²) >= 11 is 0. The van der Waals surface area contributed by atoms with Crippen molar-refractivity contribution in [3.05, 3.63) is 42.2 Å². The minimum atomic E-state index is 0.114. The maximum absolute atomic E-state index is 9.07. The molecule has 0 aliphatic carbocycles. The Morgan fingerprint density at radius 2 is 2.05 bits per heavy atom. The second-order valence-corrected chi connectivity index (χ2v) is 4.54. The first-order valence-corrected chi connectivity index (χ1v) is 6.66. The fraction of sp³-hybridized carbons (Fsp3) is 0.400. The Morgan fingerprint density at radius 3 is 2.75 bits per heavy atom. The van der Waals surface area contributed by atoms with Gasteiger partial charge in [-0.25, -0.2) is 0 Å². The van der Waals surface area contributed by atoms with Crippen LogP contribution in [0.25, 0.3) is 11.3 Å². The van der Waals surface area contributed by atoms with Crippen LogP contribution in [0.2, 0.25) is 0 Å². The molecule has 5 nitrogen and oxygen atoms in total. The number of ether oxygens (including phenoxy) is 1. The lowest BCUT2D eigenvalue weighted by molar-refractivity contribution is 0.120. The van der Waals surface area contributed by atoms with Gasteiger partial charge in [0.1, 0.15) is 5.69 Å². The van der Waals surface area contributed by atoms with Gasteiger partial charge in [0.15, 0.2) is 5.76 Å². The van der Waals surface area contributed by atoms with E-state index in [4.69, 9.17) is 14.4 Å². The molecule has 0 bridgehead atoms. The topological polar surface area (TPSA) is 58.7 Å². The van der Waals surface area contributed by atoms with E-state index < -0.39 is 0 Å². The van der Waals surface area contributed by atoms with Crippen molar-refractivity contribution in [3.63, 3.8) is 0 Å². The van der Waals surface area contributed by atoms with Crippen molar-refractivity contribution in [2.24, 2.45) is 0 Å². The lowest BCUT2D eigenvalue weighted by Gasteiger charge is -2.18. The van der Waals surface area contributed by atoms with E-state index in [2.05, 4.69) is 10.1 Å². The predicted molar refractivity (Wildman–Crippen MR) is 76.2 cm³/mol. The Bertz CT molecular complexity index is 499. The van der Waals surface area contributed by atoms with Gasteiger partial charge in [-0.05, 0) is 0 Å². The molecule has 1 N–H and O–H groups in total. The summed E-state index contributed by atoms with van der Waals surface area (Å²) < 4.78 is 10.4. The van der Waals surface area contributed by atoms with Crippen LogP contribution >= 0.6 is 0 Å². The summed E-state index contributed by atoms with van der Waals surface area (Å²) in [6, 6.07) is 11.8. The number of aromatic nitrogens is 1. The third-order valence-electron chi connectivity index (χ3n) is 3.04. The highest BCUT2D eigenvalue weighted by Crippen LogP contribution is 2.19. The van der Waals surface area contributed by atoms with Crippen LogP contribution in [0.3, 0.4) is 0 Å². The third kappa shape index (κ3) is 4.16. The Morgan fingerprint density at radius 1 is 1.25 bits per heavy atom. The zero-order chi connectivity index (χ0) is 14.2. The molecular weight excluding hydrogens is 256 g/mol. The van der Waals surface area contributed by atoms with Crippen molar-refractivity contribution in [3.8, 4) is 11.3 Å². The summed E-state index contributed by atoms with van der Waals surface area (Å²) in [5.74, 6) is 0.786. The normalized spacial score (nSPS) is 11.2. The number of aliphatic hydroxyl groups is 1. The standard InChI is InChI=1S/C15H20N2O3/c1-19-10-8-17(7-9-18)12-14-11-15(16-20-14)13-5-3-2-4-6-13/h2-6,11,18H,7-10,12H2,1H3. The van der Waals surface area contributed by atoms with Crippen molar-refractivity contribution >= 4 is 0 Å². The molecule has 1 aromatic heterocycles. The molecular formula is C15H20N2O3. The van der Waals surface area contributed by atoms with E-state index in [0.29, 0.717) is 19.7 Å². The van der Waals surface area contributed by atoms with E-state index in [9.17, 15) is 0 Å². The molecule has 0 amide bonds. The van der Waals surface area contributed by atoms with Crippen LogP contribution in [0, 0.1) is 0 Å². The Kier molecular flexibility index (Phi) is 5.73. The van der Waals surface area contributed by atoms with Crippen LogP contribution < -0.4 is 0 Å². The highest BCUT2D eigenvalue weighted by Gasteiger charge is 2.11. The van der Waals surface area contributed by atoms with E-state index in [-0.39, 0.29) is 6.61 Å². The predicted octanol–water partition coefficient (Wildman–Crippen LogP) is 1.78. The summed E-state index contributed by atoms with van der Waals surface area (Å²) in [7, 11) is 1.67. The van der Waals surface area contributed by atoms with Crippen LogP contribution in [-0.4, -0.2) is 48.6 Å². The summed E-state index contributed by atoms with van der Waals surface area (Å²) in [4.78, 5) is 2.07. The minimum absolute atomic E-state index is 0.114. The molecule has 2 aromatic rings. The van der Waals surface area contributed by atoms with Gasteiger partial charge >= 0.3 is 0 Å². The zero-order valence-corrected chi connectivity index (χ0v) is 11.7. The summed E-state index contributed by atoms with van der Waals surface area (Å²) in [6.45, 7) is 2.69. The van der Waals surface area contributed by atoms with Gasteiger partial charge in [-0.3, -0.25) is 4.90 Å². The van der Waals surface area contributed by atoms with Crippen molar-refractivity contribution < 1.29 is 14.4 Å². The number of nitrogens with zero attached hydrogens (tertiary/aromatic N) is 2. The zero-order valence-electron chi connectivity index (χ0n) is 11.7. The number of aliphatic hydroxyl groups excluding tert-OH is 1. The van der Waals surface area contributed by atoms with Crippen molar-refractivity contribution in [2.45, 2.75) is 6.54 Å². The Balaban J connectivity index is 2.00. The molecule has 1 heterocycles.